The molecule has 1 fully saturated rings. The van der Waals surface area contributed by atoms with E-state index in [1.54, 1.807) is 11.1 Å². The molecule has 0 amide bonds. The van der Waals surface area contributed by atoms with Gasteiger partial charge < -0.3 is 0 Å². The van der Waals surface area contributed by atoms with Crippen molar-refractivity contribution >= 4 is 11.8 Å². The molecule has 108 valence electrons. The Labute approximate surface area is 131 Å². The van der Waals surface area contributed by atoms with Gasteiger partial charge in [0.25, 0.3) is 0 Å². The first-order valence-electron chi connectivity index (χ1n) is 7.83. The lowest BCUT2D eigenvalue weighted by molar-refractivity contribution is 0.230. The average molecular weight is 294 g/mol. The van der Waals surface area contributed by atoms with Crippen LogP contribution in [-0.2, 0) is 0 Å². The van der Waals surface area contributed by atoms with Gasteiger partial charge in [-0.3, -0.25) is 4.90 Å². The van der Waals surface area contributed by atoms with Gasteiger partial charge in [-0.15, -0.1) is 11.8 Å². The van der Waals surface area contributed by atoms with E-state index < -0.39 is 0 Å². The number of rotatable bonds is 2. The zero-order chi connectivity index (χ0) is 14.2. The fraction of sp³-hybridized carbons (Fsp3) is 0.368. The first kappa shape index (κ1) is 13.4. The van der Waals surface area contributed by atoms with Crippen LogP contribution in [-0.4, -0.2) is 24.2 Å². The summed E-state index contributed by atoms with van der Waals surface area (Å²) in [5.74, 6) is 0.534. The van der Waals surface area contributed by atoms with Crippen LogP contribution in [0.3, 0.4) is 0 Å². The molecule has 0 bridgehead atoms. The van der Waals surface area contributed by atoms with Crippen LogP contribution >= 0.6 is 11.8 Å². The van der Waals surface area contributed by atoms with Crippen molar-refractivity contribution in [3.63, 3.8) is 0 Å². The summed E-state index contributed by atoms with van der Waals surface area (Å²) < 4.78 is 0. The Morgan fingerprint density at radius 1 is 1.00 bits per heavy atom. The van der Waals surface area contributed by atoms with Crippen LogP contribution in [0, 0.1) is 0 Å². The molecule has 1 nitrogen and oxygen atoms in total. The highest BCUT2D eigenvalue weighted by Crippen LogP contribution is 2.44. The topological polar surface area (TPSA) is 3.24 Å². The molecular weight excluding hydrogens is 273 g/mol. The van der Waals surface area contributed by atoms with Gasteiger partial charge >= 0.3 is 0 Å². The number of benzene rings is 2. The third-order valence-electron chi connectivity index (χ3n) is 5.03. The largest absolute Gasteiger partial charge is 0.295 e. The Morgan fingerprint density at radius 2 is 1.76 bits per heavy atom. The van der Waals surface area contributed by atoms with Crippen molar-refractivity contribution in [2.45, 2.75) is 29.7 Å². The molecule has 2 heterocycles. The zero-order valence-corrected chi connectivity index (χ0v) is 13.3. The van der Waals surface area contributed by atoms with Crippen molar-refractivity contribution in [1.29, 1.82) is 0 Å². The van der Waals surface area contributed by atoms with E-state index in [-0.39, 0.29) is 0 Å². The van der Waals surface area contributed by atoms with Crippen molar-refractivity contribution in [1.82, 2.24) is 4.90 Å². The summed E-state index contributed by atoms with van der Waals surface area (Å²) in [4.78, 5) is 4.04. The quantitative estimate of drug-likeness (QED) is 0.739. The van der Waals surface area contributed by atoms with E-state index in [9.17, 15) is 0 Å². The molecule has 2 aliphatic heterocycles. The molecule has 1 saturated heterocycles. The van der Waals surface area contributed by atoms with E-state index in [1.807, 2.05) is 11.8 Å². The first-order valence-corrected chi connectivity index (χ1v) is 9.06. The van der Waals surface area contributed by atoms with E-state index in [0.29, 0.717) is 12.0 Å². The molecule has 2 aliphatic rings. The Hall–Kier alpha value is -1.25. The molecule has 21 heavy (non-hydrogen) atoms. The highest BCUT2D eigenvalue weighted by atomic mass is 32.2. The minimum atomic E-state index is 0.534. The highest BCUT2D eigenvalue weighted by Gasteiger charge is 2.35. The summed E-state index contributed by atoms with van der Waals surface area (Å²) in [6.07, 6.45) is 4.81. The zero-order valence-electron chi connectivity index (χ0n) is 12.5. The van der Waals surface area contributed by atoms with Crippen molar-refractivity contribution in [3.05, 3.63) is 65.2 Å². The van der Waals surface area contributed by atoms with E-state index in [2.05, 4.69) is 59.7 Å². The Bertz CT molecular complexity index is 634. The summed E-state index contributed by atoms with van der Waals surface area (Å²) in [5, 5.41) is 0. The Morgan fingerprint density at radius 3 is 2.52 bits per heavy atom. The maximum atomic E-state index is 2.69. The van der Waals surface area contributed by atoms with E-state index in [1.165, 1.54) is 36.4 Å². The minimum absolute atomic E-state index is 0.534. The summed E-state index contributed by atoms with van der Waals surface area (Å²) >= 11 is 1.81. The second-order valence-electron chi connectivity index (χ2n) is 6.11. The van der Waals surface area contributed by atoms with E-state index in [0.717, 1.165) is 0 Å². The van der Waals surface area contributed by atoms with Crippen molar-refractivity contribution in [2.24, 2.45) is 0 Å². The fourth-order valence-electron chi connectivity index (χ4n) is 3.98. The SMILES string of the molecule is [11CH3]Sc1ccc([C@H]2CN3CCC[C@H]3c3ccccc32)cc1. The number of thioether (sulfide) groups is 1. The van der Waals surface area contributed by atoms with Gasteiger partial charge in [0, 0.05) is 23.4 Å². The molecule has 0 saturated carbocycles. The summed E-state index contributed by atoms with van der Waals surface area (Å²) in [5.41, 5.74) is 4.59. The molecule has 0 spiro atoms. The molecule has 0 N–H and O–H groups in total. The molecular formula is C19H21NS. The summed E-state index contributed by atoms with van der Waals surface area (Å²) in [6.45, 7) is 2.44. The lowest BCUT2D eigenvalue weighted by Gasteiger charge is -2.37. The molecule has 2 atom stereocenters. The van der Waals surface area contributed by atoms with Gasteiger partial charge in [0.2, 0.25) is 0 Å². The Kier molecular flexibility index (Phi) is 3.52. The van der Waals surface area contributed by atoms with E-state index >= 15 is 0 Å². The van der Waals surface area contributed by atoms with Gasteiger partial charge in [-0.25, -0.2) is 0 Å². The van der Waals surface area contributed by atoms with Crippen LogP contribution < -0.4 is 0 Å². The van der Waals surface area contributed by atoms with E-state index in [4.69, 9.17) is 0 Å². The van der Waals surface area contributed by atoms with Crippen molar-refractivity contribution in [3.8, 4) is 0 Å². The molecule has 0 aliphatic carbocycles. The van der Waals surface area contributed by atoms with Gasteiger partial charge in [0.15, 0.2) is 0 Å². The van der Waals surface area contributed by atoms with Crippen LogP contribution in [0.4, 0.5) is 0 Å². The van der Waals surface area contributed by atoms with Crippen molar-refractivity contribution < 1.29 is 0 Å². The van der Waals surface area contributed by atoms with Gasteiger partial charge in [0.05, 0.1) is 0 Å². The smallest absolute Gasteiger partial charge is 0.0351 e. The molecule has 4 rings (SSSR count). The first-order chi connectivity index (χ1) is 10.4. The van der Waals surface area contributed by atoms with Crippen molar-refractivity contribution in [2.75, 3.05) is 19.3 Å². The van der Waals surface area contributed by atoms with Crippen LogP contribution in [0.1, 0.15) is 41.5 Å². The maximum absolute atomic E-state index is 2.69. The molecule has 0 unspecified atom stereocenters. The molecule has 2 aromatic carbocycles. The summed E-state index contributed by atoms with van der Waals surface area (Å²) in [7, 11) is 0. The average Bonchev–Trinajstić information content (AvgIpc) is 3.03. The lowest BCUT2D eigenvalue weighted by Crippen LogP contribution is -2.34. The van der Waals surface area contributed by atoms with Crippen LogP contribution in [0.2, 0.25) is 0 Å². The number of hydrogen-bond acceptors (Lipinski definition) is 2. The Balaban J connectivity index is 1.76. The van der Waals surface area contributed by atoms with Crippen LogP contribution in [0.5, 0.6) is 0 Å². The molecule has 2 heteroatoms. The molecule has 0 radical (unpaired) electrons. The lowest BCUT2D eigenvalue weighted by atomic mass is 9.82. The third-order valence-corrected chi connectivity index (χ3v) is 5.77. The van der Waals surface area contributed by atoms with Crippen LogP contribution in [0.15, 0.2) is 53.4 Å². The fourth-order valence-corrected chi connectivity index (χ4v) is 4.39. The molecule has 2 aromatic rings. The number of fused-ring (bicyclic) bond motifs is 3. The van der Waals surface area contributed by atoms with Gasteiger partial charge in [-0.05, 0) is 54.5 Å². The van der Waals surface area contributed by atoms with Gasteiger partial charge in [-0.2, -0.15) is 0 Å². The summed E-state index contributed by atoms with van der Waals surface area (Å²) in [6, 6.07) is 18.9. The number of nitrogens with zero attached hydrogens (tertiary/aromatic N) is 1. The monoisotopic (exact) mass is 294 g/mol. The normalized spacial score (nSPS) is 24.6. The second-order valence-corrected chi connectivity index (χ2v) is 6.99. The predicted molar refractivity (Wildman–Crippen MR) is 90.1 cm³/mol. The predicted octanol–water partition coefficient (Wildman–Crippen LogP) is 4.69. The second kappa shape index (κ2) is 5.51. The maximum Gasteiger partial charge on any atom is 0.0351 e. The molecule has 0 aromatic heterocycles. The highest BCUT2D eigenvalue weighted by molar-refractivity contribution is 7.98. The van der Waals surface area contributed by atoms with Crippen LogP contribution in [0.25, 0.3) is 0 Å². The number of hydrogen-bond donors (Lipinski definition) is 0. The van der Waals surface area contributed by atoms with Gasteiger partial charge in [0.1, 0.15) is 0 Å². The van der Waals surface area contributed by atoms with Gasteiger partial charge in [-0.1, -0.05) is 36.4 Å². The third kappa shape index (κ3) is 2.31. The minimum Gasteiger partial charge on any atom is -0.295 e. The standard InChI is InChI=1S/C19H21NS/c1-21-15-10-8-14(9-11-15)18-13-20-12-4-7-19(20)17-6-3-2-5-16(17)18/h2-3,5-6,8-11,18-19H,4,7,12-13H2,1H3/t18-,19+/m1/s1/i1-1.